The van der Waals surface area contributed by atoms with E-state index in [9.17, 15) is 14.4 Å². The van der Waals surface area contributed by atoms with Crippen molar-refractivity contribution < 1.29 is 9.53 Å². The van der Waals surface area contributed by atoms with Gasteiger partial charge in [-0.05, 0) is 23.6 Å². The Hall–Kier alpha value is -2.23. The monoisotopic (exact) mass is 454 g/mol. The molecule has 1 aromatic heterocycles. The zero-order valence-corrected chi connectivity index (χ0v) is 18.9. The number of anilines is 2. The first kappa shape index (κ1) is 24.0. The molecule has 0 bridgehead atoms. The molecule has 1 heterocycles. The maximum Gasteiger partial charge on any atom is 0.330 e. The first-order valence-corrected chi connectivity index (χ1v) is 11.0. The smallest absolute Gasteiger partial charge is 0.330 e. The summed E-state index contributed by atoms with van der Waals surface area (Å²) in [7, 11) is 1.51. The number of hydrogen-bond acceptors (Lipinski definition) is 6. The molecule has 0 aliphatic heterocycles. The highest BCUT2D eigenvalue weighted by molar-refractivity contribution is 7.99. The number of benzene rings is 1. The lowest BCUT2D eigenvalue weighted by Crippen LogP contribution is -2.43. The fourth-order valence-corrected chi connectivity index (χ4v) is 3.83. The van der Waals surface area contributed by atoms with E-state index in [1.807, 2.05) is 26.0 Å². The second-order valence-corrected chi connectivity index (χ2v) is 8.58. The minimum atomic E-state index is -0.690. The molecule has 10 heteroatoms. The first-order valence-electron chi connectivity index (χ1n) is 9.48. The Kier molecular flexibility index (Phi) is 9.01. The third-order valence-electron chi connectivity index (χ3n) is 4.26. The Labute approximate surface area is 184 Å². The number of thioether (sulfide) groups is 1. The van der Waals surface area contributed by atoms with Gasteiger partial charge in [-0.15, -0.1) is 11.8 Å². The molecule has 0 saturated heterocycles. The van der Waals surface area contributed by atoms with E-state index in [2.05, 4.69) is 4.98 Å². The van der Waals surface area contributed by atoms with Gasteiger partial charge in [0.25, 0.3) is 5.56 Å². The van der Waals surface area contributed by atoms with Crippen molar-refractivity contribution in [2.75, 3.05) is 36.6 Å². The molecule has 2 aromatic rings. The van der Waals surface area contributed by atoms with Gasteiger partial charge in [0.15, 0.2) is 5.69 Å². The van der Waals surface area contributed by atoms with E-state index in [0.29, 0.717) is 17.3 Å². The molecule has 0 aliphatic rings. The van der Waals surface area contributed by atoms with Crippen molar-refractivity contribution in [3.63, 3.8) is 0 Å². The van der Waals surface area contributed by atoms with Crippen LogP contribution in [0.25, 0.3) is 0 Å². The number of nitrogens with one attached hydrogen (secondary N) is 1. The third kappa shape index (κ3) is 6.38. The normalized spacial score (nSPS) is 11.1. The highest BCUT2D eigenvalue weighted by atomic mass is 35.5. The van der Waals surface area contributed by atoms with Gasteiger partial charge in [-0.25, -0.2) is 4.79 Å². The van der Waals surface area contributed by atoms with Crippen LogP contribution in [0.1, 0.15) is 19.4 Å². The van der Waals surface area contributed by atoms with Gasteiger partial charge in [0.1, 0.15) is 5.82 Å². The number of methoxy groups -OCH3 is 1. The van der Waals surface area contributed by atoms with Crippen LogP contribution in [-0.4, -0.2) is 41.5 Å². The second-order valence-electron chi connectivity index (χ2n) is 7.16. The Morgan fingerprint density at radius 3 is 2.57 bits per heavy atom. The van der Waals surface area contributed by atoms with E-state index in [1.165, 1.54) is 28.3 Å². The number of carbonyl (C=O) groups is 1. The quantitative estimate of drug-likeness (QED) is 0.570. The maximum atomic E-state index is 12.9. The number of aromatic nitrogens is 2. The molecule has 0 atom stereocenters. The van der Waals surface area contributed by atoms with Crippen LogP contribution in [0.4, 0.5) is 11.5 Å². The summed E-state index contributed by atoms with van der Waals surface area (Å²) in [6.45, 7) is 4.54. The molecule has 1 aromatic carbocycles. The summed E-state index contributed by atoms with van der Waals surface area (Å²) < 4.78 is 6.38. The standard InChI is InChI=1S/C20H27ClN4O4S/c1-13(2)10-25-18(22)17(19(27)23-20(25)28)24(8-9-29-3)16(26)12-30-11-14-4-6-15(21)7-5-14/h4-7,13H,8-12,22H2,1-3H3,(H,23,27,28). The van der Waals surface area contributed by atoms with Gasteiger partial charge in [0, 0.05) is 31.0 Å². The van der Waals surface area contributed by atoms with Crippen LogP contribution in [0.5, 0.6) is 0 Å². The lowest BCUT2D eigenvalue weighted by molar-refractivity contribution is -0.116. The molecule has 30 heavy (non-hydrogen) atoms. The molecule has 0 aliphatic carbocycles. The molecule has 3 N–H and O–H groups in total. The van der Waals surface area contributed by atoms with Crippen LogP contribution in [0, 0.1) is 5.92 Å². The van der Waals surface area contributed by atoms with Gasteiger partial charge >= 0.3 is 5.69 Å². The van der Waals surface area contributed by atoms with Crippen molar-refractivity contribution in [2.45, 2.75) is 26.1 Å². The highest BCUT2D eigenvalue weighted by Crippen LogP contribution is 2.20. The van der Waals surface area contributed by atoms with E-state index in [-0.39, 0.29) is 42.2 Å². The van der Waals surface area contributed by atoms with Crippen LogP contribution >= 0.6 is 23.4 Å². The predicted octanol–water partition coefficient (Wildman–Crippen LogP) is 2.34. The Bertz CT molecular complexity index is 972. The number of H-pyrrole nitrogens is 1. The fourth-order valence-electron chi connectivity index (χ4n) is 2.84. The van der Waals surface area contributed by atoms with Crippen molar-refractivity contribution in [1.29, 1.82) is 0 Å². The number of aromatic amines is 1. The Morgan fingerprint density at radius 2 is 1.97 bits per heavy atom. The molecular formula is C20H27ClN4O4S. The molecule has 8 nitrogen and oxygen atoms in total. The van der Waals surface area contributed by atoms with Crippen LogP contribution in [-0.2, 0) is 21.8 Å². The number of nitrogen functional groups attached to an aromatic ring is 1. The topological polar surface area (TPSA) is 110 Å². The van der Waals surface area contributed by atoms with Crippen LogP contribution in [0.3, 0.4) is 0 Å². The minimum absolute atomic E-state index is 0.0235. The average Bonchev–Trinajstić information content (AvgIpc) is 2.68. The number of nitrogens with two attached hydrogens (primary N) is 1. The summed E-state index contributed by atoms with van der Waals surface area (Å²) in [5, 5.41) is 0.650. The average molecular weight is 455 g/mol. The summed E-state index contributed by atoms with van der Waals surface area (Å²) in [5.74, 6) is 0.554. The third-order valence-corrected chi connectivity index (χ3v) is 5.50. The Morgan fingerprint density at radius 1 is 1.30 bits per heavy atom. The largest absolute Gasteiger partial charge is 0.383 e. The summed E-state index contributed by atoms with van der Waals surface area (Å²) >= 11 is 7.30. The fraction of sp³-hybridized carbons (Fsp3) is 0.450. The first-order chi connectivity index (χ1) is 14.2. The molecule has 0 spiro atoms. The molecule has 0 radical (unpaired) electrons. The predicted molar refractivity (Wildman–Crippen MR) is 122 cm³/mol. The number of amides is 1. The van der Waals surface area contributed by atoms with Crippen molar-refractivity contribution in [3.8, 4) is 0 Å². The zero-order valence-electron chi connectivity index (χ0n) is 17.3. The van der Waals surface area contributed by atoms with Gasteiger partial charge in [0.2, 0.25) is 5.91 Å². The molecule has 2 rings (SSSR count). The molecule has 1 amide bonds. The Balaban J connectivity index is 2.25. The molecule has 164 valence electrons. The van der Waals surface area contributed by atoms with Gasteiger partial charge in [-0.2, -0.15) is 0 Å². The van der Waals surface area contributed by atoms with E-state index >= 15 is 0 Å². The van der Waals surface area contributed by atoms with Gasteiger partial charge in [-0.3, -0.25) is 19.1 Å². The number of ether oxygens (including phenoxy) is 1. The van der Waals surface area contributed by atoms with Crippen LogP contribution in [0.15, 0.2) is 33.9 Å². The molecule has 0 fully saturated rings. The SMILES string of the molecule is COCCN(C(=O)CSCc1ccc(Cl)cc1)c1c(N)n(CC(C)C)c(=O)[nH]c1=O. The van der Waals surface area contributed by atoms with Gasteiger partial charge in [-0.1, -0.05) is 37.6 Å². The lowest BCUT2D eigenvalue weighted by atomic mass is 10.2. The number of halogens is 1. The van der Waals surface area contributed by atoms with E-state index < -0.39 is 11.2 Å². The molecule has 0 unspecified atom stereocenters. The molecular weight excluding hydrogens is 428 g/mol. The number of carbonyl (C=O) groups excluding carboxylic acids is 1. The highest BCUT2D eigenvalue weighted by Gasteiger charge is 2.24. The number of nitrogens with zero attached hydrogens (tertiary/aromatic N) is 2. The zero-order chi connectivity index (χ0) is 22.3. The van der Waals surface area contributed by atoms with Crippen molar-refractivity contribution in [2.24, 2.45) is 5.92 Å². The van der Waals surface area contributed by atoms with Crippen molar-refractivity contribution >= 4 is 40.8 Å². The van der Waals surface area contributed by atoms with Crippen LogP contribution in [0.2, 0.25) is 5.02 Å². The van der Waals surface area contributed by atoms with Crippen molar-refractivity contribution in [3.05, 3.63) is 55.7 Å². The summed E-state index contributed by atoms with van der Waals surface area (Å²) in [6, 6.07) is 7.38. The number of rotatable bonds is 10. The van der Waals surface area contributed by atoms with Gasteiger partial charge < -0.3 is 15.4 Å². The maximum absolute atomic E-state index is 12.9. The van der Waals surface area contributed by atoms with E-state index in [4.69, 9.17) is 22.1 Å². The van der Waals surface area contributed by atoms with Crippen LogP contribution < -0.4 is 21.9 Å². The summed E-state index contributed by atoms with van der Waals surface area (Å²) in [5.41, 5.74) is 5.89. The van der Waals surface area contributed by atoms with Crippen molar-refractivity contribution in [1.82, 2.24) is 9.55 Å². The summed E-state index contributed by atoms with van der Waals surface area (Å²) in [4.78, 5) is 41.2. The van der Waals surface area contributed by atoms with Gasteiger partial charge in [0.05, 0.1) is 12.4 Å². The minimum Gasteiger partial charge on any atom is -0.383 e. The lowest BCUT2D eigenvalue weighted by Gasteiger charge is -2.24. The second kappa shape index (κ2) is 11.2. The van der Waals surface area contributed by atoms with E-state index in [0.717, 1.165) is 5.56 Å². The summed E-state index contributed by atoms with van der Waals surface area (Å²) in [6.07, 6.45) is 0. The molecule has 0 saturated carbocycles. The van der Waals surface area contributed by atoms with E-state index in [1.54, 1.807) is 12.1 Å². The number of hydrogen-bond donors (Lipinski definition) is 2.